The molecule has 3 aliphatic rings. The summed E-state index contributed by atoms with van der Waals surface area (Å²) in [6.45, 7) is 4.47. The number of ether oxygens (including phenoxy) is 3. The number of ketones is 1. The molecule has 3 aliphatic carbocycles. The second kappa shape index (κ2) is 14.9. The smallest absolute Gasteiger partial charge is 0.212 e. The van der Waals surface area contributed by atoms with E-state index in [-0.39, 0.29) is 46.1 Å². The molecular weight excluding hydrogens is 712 g/mol. The number of hydrogen-bond acceptors (Lipinski definition) is 11. The van der Waals surface area contributed by atoms with Gasteiger partial charge in [-0.2, -0.15) is 0 Å². The van der Waals surface area contributed by atoms with E-state index in [0.717, 1.165) is 64.2 Å². The minimum Gasteiger partial charge on any atom is -0.504 e. The van der Waals surface area contributed by atoms with Crippen LogP contribution in [0.1, 0.15) is 95.1 Å². The average molecular weight is 765 g/mol. The fraction of sp³-hybridized carbons (Fsp3) is 0.489. The average Bonchev–Trinajstić information content (AvgIpc) is 3.31. The van der Waals surface area contributed by atoms with Gasteiger partial charge < -0.3 is 40.2 Å². The Morgan fingerprint density at radius 1 is 0.714 bits per heavy atom. The Balaban J connectivity index is 1.48. The largest absolute Gasteiger partial charge is 0.504 e. The highest BCUT2D eigenvalue weighted by Crippen LogP contribution is 2.57. The maximum absolute atomic E-state index is 15.3. The summed E-state index contributed by atoms with van der Waals surface area (Å²) in [6.07, 6.45) is 9.93. The number of allylic oxidation sites excluding steroid dienone is 1. The van der Waals surface area contributed by atoms with Gasteiger partial charge in [0.05, 0.1) is 55.9 Å². The molecule has 2 fully saturated rings. The van der Waals surface area contributed by atoms with Gasteiger partial charge in [-0.3, -0.25) is 14.4 Å². The van der Waals surface area contributed by atoms with Gasteiger partial charge in [0.2, 0.25) is 5.43 Å². The molecule has 11 heteroatoms. The van der Waals surface area contributed by atoms with Crippen LogP contribution in [-0.2, 0) is 4.79 Å². The van der Waals surface area contributed by atoms with Crippen molar-refractivity contribution < 1.29 is 34.3 Å². The number of carbonyl (C=O) groups excluding carboxylic acids is 1. The quantitative estimate of drug-likeness (QED) is 0.0635. The number of anilines is 2. The van der Waals surface area contributed by atoms with Crippen LogP contribution >= 0.6 is 0 Å². The number of carbonyl (C=O) groups is 1. The molecule has 0 saturated heterocycles. The van der Waals surface area contributed by atoms with Gasteiger partial charge in [-0.05, 0) is 95.3 Å². The number of fused-ring (bicyclic) bond motifs is 1. The summed E-state index contributed by atoms with van der Waals surface area (Å²) in [6, 6.07) is 3.18. The summed E-state index contributed by atoms with van der Waals surface area (Å²) in [7, 11) is 4.47. The molecule has 0 aliphatic heterocycles. The first kappa shape index (κ1) is 38.0. The fourth-order valence-corrected chi connectivity index (χ4v) is 10.3. The number of Topliss-reactive ketones (excluding diaryl/α,β-unsaturated/α-hetero) is 1. The van der Waals surface area contributed by atoms with Gasteiger partial charge in [-0.1, -0.05) is 11.6 Å². The maximum atomic E-state index is 15.3. The van der Waals surface area contributed by atoms with E-state index in [4.69, 9.17) is 14.2 Å². The molecule has 0 amide bonds. The van der Waals surface area contributed by atoms with Crippen LogP contribution in [0.25, 0.3) is 49.2 Å². The van der Waals surface area contributed by atoms with Crippen molar-refractivity contribution in [3.05, 3.63) is 49.3 Å². The van der Waals surface area contributed by atoms with E-state index in [0.29, 0.717) is 96.5 Å². The van der Waals surface area contributed by atoms with Gasteiger partial charge in [0, 0.05) is 69.0 Å². The number of benzene rings is 5. The molecule has 5 aromatic carbocycles. The summed E-state index contributed by atoms with van der Waals surface area (Å²) >= 11 is 0. The summed E-state index contributed by atoms with van der Waals surface area (Å²) in [5, 5.41) is 43.1. The molecule has 2 saturated carbocycles. The SMILES string of the molecule is COc1c(O)c2c(=O)cc(OC)c3c4c(OC)cc(NCCC5CCC(O)CC5)c5c(=O)c(NCCC6CCC(O)CC6)c6c(c(c1C(C(C)=O)C(C)=C6)c23)c54. The van der Waals surface area contributed by atoms with E-state index in [9.17, 15) is 24.9 Å². The molecule has 0 aromatic heterocycles. The molecule has 11 nitrogen and oxygen atoms in total. The predicted molar refractivity (Wildman–Crippen MR) is 222 cm³/mol. The predicted octanol–water partition coefficient (Wildman–Crippen LogP) is 7.42. The van der Waals surface area contributed by atoms with Crippen LogP contribution < -0.4 is 35.7 Å². The Labute approximate surface area is 325 Å². The van der Waals surface area contributed by atoms with Crippen molar-refractivity contribution in [3.8, 4) is 23.0 Å². The lowest BCUT2D eigenvalue weighted by molar-refractivity contribution is -0.117. The highest BCUT2D eigenvalue weighted by Gasteiger charge is 2.37. The van der Waals surface area contributed by atoms with Crippen molar-refractivity contribution >= 4 is 66.3 Å². The van der Waals surface area contributed by atoms with E-state index in [2.05, 4.69) is 10.6 Å². The fourth-order valence-electron chi connectivity index (χ4n) is 10.3. The summed E-state index contributed by atoms with van der Waals surface area (Å²) < 4.78 is 18.0. The highest BCUT2D eigenvalue weighted by molar-refractivity contribution is 6.40. The van der Waals surface area contributed by atoms with Crippen molar-refractivity contribution in [2.75, 3.05) is 45.1 Å². The number of nitrogens with one attached hydrogen (secondary N) is 2. The summed E-state index contributed by atoms with van der Waals surface area (Å²) in [5.74, 6) is 0.203. The Bertz CT molecular complexity index is 2500. The van der Waals surface area contributed by atoms with Crippen LogP contribution in [0.4, 0.5) is 11.4 Å². The Morgan fingerprint density at radius 2 is 1.27 bits per heavy atom. The number of rotatable bonds is 12. The number of aliphatic hydroxyl groups is 2. The van der Waals surface area contributed by atoms with Crippen molar-refractivity contribution in [2.24, 2.45) is 11.8 Å². The molecule has 5 aromatic rings. The first-order chi connectivity index (χ1) is 27.0. The van der Waals surface area contributed by atoms with E-state index < -0.39 is 11.3 Å². The first-order valence-electron chi connectivity index (χ1n) is 20.1. The molecule has 8 rings (SSSR count). The number of phenols is 1. The minimum atomic E-state index is -0.859. The zero-order valence-corrected chi connectivity index (χ0v) is 32.9. The standard InChI is InChI=1S/C45H52N2O9/c1-21-18-27-33-38-34(43(52)42(27)47-17-15-24-8-12-26(50)13-9-24)28(46-16-14-23-6-10-25(49)11-7-23)19-30(54-3)36(38)37-31(55-4)20-29(51)35-40(37)39(33)41(32(21)22(2)48)45(56-5)44(35)53/h18-20,23-26,32,46-47,49-50,53H,6-17H2,1-5H3. The summed E-state index contributed by atoms with van der Waals surface area (Å²) in [4.78, 5) is 43.2. The van der Waals surface area contributed by atoms with Crippen LogP contribution in [0.3, 0.4) is 0 Å². The molecule has 56 heavy (non-hydrogen) atoms. The second-order valence-corrected chi connectivity index (χ2v) is 16.3. The van der Waals surface area contributed by atoms with Crippen LogP contribution in [0, 0.1) is 11.8 Å². The maximum Gasteiger partial charge on any atom is 0.212 e. The number of aromatic hydroxyl groups is 1. The number of aliphatic hydroxyl groups excluding tert-OH is 2. The van der Waals surface area contributed by atoms with Gasteiger partial charge in [-0.25, -0.2) is 0 Å². The molecule has 5 N–H and O–H groups in total. The summed E-state index contributed by atoms with van der Waals surface area (Å²) in [5.41, 5.74) is 2.01. The van der Waals surface area contributed by atoms with Crippen LogP contribution in [0.15, 0.2) is 27.3 Å². The lowest BCUT2D eigenvalue weighted by Crippen LogP contribution is -2.22. The van der Waals surface area contributed by atoms with Gasteiger partial charge >= 0.3 is 0 Å². The van der Waals surface area contributed by atoms with E-state index in [1.165, 1.54) is 27.2 Å². The molecule has 0 spiro atoms. The van der Waals surface area contributed by atoms with Crippen molar-refractivity contribution in [2.45, 2.75) is 96.2 Å². The zero-order valence-electron chi connectivity index (χ0n) is 32.9. The van der Waals surface area contributed by atoms with E-state index in [1.807, 2.05) is 19.1 Å². The minimum absolute atomic E-state index is 0.0325. The lowest BCUT2D eigenvalue weighted by Gasteiger charge is -2.27. The Morgan fingerprint density at radius 3 is 1.82 bits per heavy atom. The van der Waals surface area contributed by atoms with Crippen LogP contribution in [0.2, 0.25) is 0 Å². The monoisotopic (exact) mass is 764 g/mol. The number of hydrogen-bond donors (Lipinski definition) is 5. The van der Waals surface area contributed by atoms with Gasteiger partial charge in [-0.15, -0.1) is 0 Å². The second-order valence-electron chi connectivity index (χ2n) is 16.3. The van der Waals surface area contributed by atoms with Gasteiger partial charge in [0.25, 0.3) is 0 Å². The van der Waals surface area contributed by atoms with Crippen molar-refractivity contribution in [1.82, 2.24) is 0 Å². The third-order valence-electron chi connectivity index (χ3n) is 13.0. The van der Waals surface area contributed by atoms with Crippen molar-refractivity contribution in [3.63, 3.8) is 0 Å². The molecule has 0 bridgehead atoms. The lowest BCUT2D eigenvalue weighted by atomic mass is 9.80. The van der Waals surface area contributed by atoms with Crippen molar-refractivity contribution in [1.29, 1.82) is 0 Å². The van der Waals surface area contributed by atoms with E-state index >= 15 is 4.79 Å². The number of phenolic OH excluding ortho intramolecular Hbond substituents is 1. The molecule has 0 heterocycles. The number of methoxy groups -OCH3 is 3. The van der Waals surface area contributed by atoms with Gasteiger partial charge in [0.15, 0.2) is 16.9 Å². The third-order valence-corrected chi connectivity index (χ3v) is 13.0. The third kappa shape index (κ3) is 6.05. The van der Waals surface area contributed by atoms with E-state index in [1.54, 1.807) is 7.11 Å². The molecule has 1 atom stereocenters. The van der Waals surface area contributed by atoms with Gasteiger partial charge in [0.1, 0.15) is 17.3 Å². The highest BCUT2D eigenvalue weighted by atomic mass is 16.5. The van der Waals surface area contributed by atoms with Crippen LogP contribution in [-0.4, -0.2) is 67.7 Å². The molecule has 1 unspecified atom stereocenters. The molecule has 296 valence electrons. The van der Waals surface area contributed by atoms with Crippen LogP contribution in [0.5, 0.6) is 23.0 Å². The molecular formula is C45H52N2O9. The zero-order chi connectivity index (χ0) is 39.6. The molecule has 0 radical (unpaired) electrons. The topological polar surface area (TPSA) is 164 Å². The first-order valence-corrected chi connectivity index (χ1v) is 20.1. The Hall–Kier alpha value is -4.87. The normalized spacial score (nSPS) is 22.5. The Kier molecular flexibility index (Phi) is 10.1.